The van der Waals surface area contributed by atoms with Crippen molar-refractivity contribution in [1.82, 2.24) is 14.9 Å². The van der Waals surface area contributed by atoms with Crippen molar-refractivity contribution in [3.05, 3.63) is 36.0 Å². The Labute approximate surface area is 193 Å². The number of amides is 1. The van der Waals surface area contributed by atoms with Crippen LogP contribution in [0.5, 0.6) is 6.01 Å². The zero-order valence-corrected chi connectivity index (χ0v) is 20.6. The highest BCUT2D eigenvalue weighted by Gasteiger charge is 2.24. The minimum Gasteiger partial charge on any atom is -0.464 e. The molecule has 1 saturated heterocycles. The summed E-state index contributed by atoms with van der Waals surface area (Å²) in [5, 5.41) is 2.64. The second kappa shape index (κ2) is 14.2. The van der Waals surface area contributed by atoms with Crippen LogP contribution in [-0.4, -0.2) is 60.6 Å². The maximum absolute atomic E-state index is 11.3. The summed E-state index contributed by atoms with van der Waals surface area (Å²) in [6.45, 7) is 18.2. The largest absolute Gasteiger partial charge is 0.464 e. The summed E-state index contributed by atoms with van der Waals surface area (Å²) in [7, 11) is 1.76. The quantitative estimate of drug-likeness (QED) is 0.639. The lowest BCUT2D eigenvalue weighted by atomic mass is 10.1. The first-order chi connectivity index (χ1) is 15.3. The summed E-state index contributed by atoms with van der Waals surface area (Å²) in [6, 6.07) is 0.224. The molecule has 1 aromatic rings. The van der Waals surface area contributed by atoms with Gasteiger partial charge in [0.15, 0.2) is 11.6 Å². The van der Waals surface area contributed by atoms with E-state index in [9.17, 15) is 4.79 Å². The van der Waals surface area contributed by atoms with Crippen LogP contribution in [-0.2, 0) is 4.79 Å². The number of rotatable bonds is 6. The van der Waals surface area contributed by atoms with Gasteiger partial charge in [0.2, 0.25) is 5.91 Å². The lowest BCUT2D eigenvalue weighted by molar-refractivity contribution is -0.115. The van der Waals surface area contributed by atoms with Gasteiger partial charge in [0.1, 0.15) is 5.69 Å². The smallest absolute Gasteiger partial charge is 0.320 e. The Hall–Kier alpha value is -2.87. The molecule has 0 aliphatic carbocycles. The van der Waals surface area contributed by atoms with Crippen LogP contribution >= 0.6 is 0 Å². The lowest BCUT2D eigenvalue weighted by Gasteiger charge is -2.26. The van der Waals surface area contributed by atoms with Crippen LogP contribution < -0.4 is 20.7 Å². The van der Waals surface area contributed by atoms with Crippen LogP contribution in [0.1, 0.15) is 47.5 Å². The van der Waals surface area contributed by atoms with E-state index < -0.39 is 0 Å². The van der Waals surface area contributed by atoms with E-state index in [4.69, 9.17) is 10.5 Å². The van der Waals surface area contributed by atoms with E-state index in [1.54, 1.807) is 11.9 Å². The van der Waals surface area contributed by atoms with Gasteiger partial charge in [-0.2, -0.15) is 9.97 Å². The van der Waals surface area contributed by atoms with E-state index in [0.29, 0.717) is 18.1 Å². The Morgan fingerprint density at radius 2 is 1.94 bits per heavy atom. The predicted molar refractivity (Wildman–Crippen MR) is 134 cm³/mol. The van der Waals surface area contributed by atoms with Gasteiger partial charge >= 0.3 is 6.01 Å². The monoisotopic (exact) mass is 444 g/mol. The standard InChI is InChI=1S/C13H21N.C9H13N5O2.C2H6/c1-4-7-13(10-12(2)3)11-14-8-5-6-9-14;1-3-16-9-12-7(10)6-8(13-9)14(2)4-5(15)11-6;1-2/h4,7,10H,2,5-6,8-9,11H2,1,3H3;3-4H2,1-2H3,(H,11,15)(H2,10,12,13);1-2H3/b7-4-,13-10+;;. The third-order valence-corrected chi connectivity index (χ3v) is 4.59. The van der Waals surface area contributed by atoms with Gasteiger partial charge in [0.25, 0.3) is 0 Å². The van der Waals surface area contributed by atoms with E-state index in [2.05, 4.69) is 51.9 Å². The minimum atomic E-state index is -0.130. The van der Waals surface area contributed by atoms with Crippen molar-refractivity contribution in [2.24, 2.45) is 0 Å². The van der Waals surface area contributed by atoms with E-state index in [0.717, 1.165) is 12.1 Å². The first-order valence-corrected chi connectivity index (χ1v) is 11.4. The molecule has 3 rings (SSSR count). The zero-order valence-electron chi connectivity index (χ0n) is 20.6. The number of hydrogen-bond donors (Lipinski definition) is 2. The molecule has 2 aliphatic heterocycles. The van der Waals surface area contributed by atoms with Crippen molar-refractivity contribution >= 4 is 23.2 Å². The fourth-order valence-electron chi connectivity index (χ4n) is 3.38. The topological polar surface area (TPSA) is 96.6 Å². The maximum atomic E-state index is 11.3. The van der Waals surface area contributed by atoms with Gasteiger partial charge in [0.05, 0.1) is 13.2 Å². The molecule has 8 heteroatoms. The van der Waals surface area contributed by atoms with Gasteiger partial charge in [0, 0.05) is 13.6 Å². The summed E-state index contributed by atoms with van der Waals surface area (Å²) in [5.41, 5.74) is 8.68. The van der Waals surface area contributed by atoms with Crippen LogP contribution in [0.2, 0.25) is 0 Å². The molecular weight excluding hydrogens is 404 g/mol. The highest BCUT2D eigenvalue weighted by Crippen LogP contribution is 2.32. The summed E-state index contributed by atoms with van der Waals surface area (Å²) in [5.74, 6) is 0.665. The molecule has 0 unspecified atom stereocenters. The number of nitrogens with two attached hydrogens (primary N) is 1. The van der Waals surface area contributed by atoms with Crippen molar-refractivity contribution in [2.75, 3.05) is 55.8 Å². The van der Waals surface area contributed by atoms with Crippen molar-refractivity contribution in [2.45, 2.75) is 47.5 Å². The molecule has 0 spiro atoms. The average molecular weight is 445 g/mol. The Morgan fingerprint density at radius 1 is 1.28 bits per heavy atom. The molecule has 1 amide bonds. The fraction of sp³-hybridized carbons (Fsp3) is 0.542. The zero-order chi connectivity index (χ0) is 24.1. The summed E-state index contributed by atoms with van der Waals surface area (Å²) < 4.78 is 5.19. The van der Waals surface area contributed by atoms with Gasteiger partial charge in [-0.1, -0.05) is 44.2 Å². The number of likely N-dealkylation sites (tertiary alicyclic amines) is 1. The molecule has 178 valence electrons. The number of carbonyl (C=O) groups excluding carboxylic acids is 1. The number of allylic oxidation sites excluding steroid dienone is 3. The van der Waals surface area contributed by atoms with Crippen LogP contribution in [0.15, 0.2) is 36.0 Å². The highest BCUT2D eigenvalue weighted by molar-refractivity contribution is 6.02. The van der Waals surface area contributed by atoms with E-state index >= 15 is 0 Å². The van der Waals surface area contributed by atoms with Gasteiger partial charge in [-0.15, -0.1) is 0 Å². The highest BCUT2D eigenvalue weighted by atomic mass is 16.5. The molecule has 1 fully saturated rings. The van der Waals surface area contributed by atoms with Gasteiger partial charge < -0.3 is 20.7 Å². The van der Waals surface area contributed by atoms with Crippen molar-refractivity contribution in [3.8, 4) is 6.01 Å². The van der Waals surface area contributed by atoms with Gasteiger partial charge in [-0.25, -0.2) is 0 Å². The molecule has 0 aromatic carbocycles. The molecule has 1 aromatic heterocycles. The number of nitrogens with zero attached hydrogens (tertiary/aromatic N) is 4. The molecule has 8 nitrogen and oxygen atoms in total. The summed E-state index contributed by atoms with van der Waals surface area (Å²) >= 11 is 0. The van der Waals surface area contributed by atoms with Crippen molar-refractivity contribution in [1.29, 1.82) is 0 Å². The molecule has 3 N–H and O–H groups in total. The molecular formula is C24H40N6O2. The van der Waals surface area contributed by atoms with Gasteiger partial charge in [-0.05, 0) is 52.3 Å². The number of nitrogens with one attached hydrogen (secondary N) is 1. The Bertz CT molecular complexity index is 813. The van der Waals surface area contributed by atoms with Crippen molar-refractivity contribution in [3.63, 3.8) is 0 Å². The number of anilines is 3. The third kappa shape index (κ3) is 8.70. The fourth-order valence-corrected chi connectivity index (χ4v) is 3.38. The number of nitrogen functional groups attached to an aromatic ring is 1. The molecule has 32 heavy (non-hydrogen) atoms. The molecule has 2 aliphatic rings. The molecule has 0 atom stereocenters. The normalized spacial score (nSPS) is 15.9. The Kier molecular flexibility index (Phi) is 12.1. The van der Waals surface area contributed by atoms with Crippen LogP contribution in [0, 0.1) is 0 Å². The van der Waals surface area contributed by atoms with Crippen LogP contribution in [0.3, 0.4) is 0 Å². The molecule has 3 heterocycles. The molecule has 0 saturated carbocycles. The third-order valence-electron chi connectivity index (χ3n) is 4.59. The molecule has 0 bridgehead atoms. The van der Waals surface area contributed by atoms with Gasteiger partial charge in [-0.3, -0.25) is 9.69 Å². The number of hydrogen-bond acceptors (Lipinski definition) is 7. The maximum Gasteiger partial charge on any atom is 0.320 e. The second-order valence-electron chi connectivity index (χ2n) is 7.48. The first-order valence-electron chi connectivity index (χ1n) is 11.4. The number of carbonyl (C=O) groups is 1. The number of fused-ring (bicyclic) bond motifs is 1. The van der Waals surface area contributed by atoms with Crippen LogP contribution in [0.4, 0.5) is 17.3 Å². The Balaban J connectivity index is 0.000000300. The average Bonchev–Trinajstić information content (AvgIpc) is 3.24. The summed E-state index contributed by atoms with van der Waals surface area (Å²) in [6.07, 6.45) is 9.18. The predicted octanol–water partition coefficient (Wildman–Crippen LogP) is 4.03. The Morgan fingerprint density at radius 3 is 2.50 bits per heavy atom. The number of ether oxygens (including phenoxy) is 1. The second-order valence-corrected chi connectivity index (χ2v) is 7.48. The number of aromatic nitrogens is 2. The van der Waals surface area contributed by atoms with E-state index in [1.165, 1.54) is 31.5 Å². The van der Waals surface area contributed by atoms with Crippen molar-refractivity contribution < 1.29 is 9.53 Å². The first kappa shape index (κ1) is 27.2. The SMILES string of the molecule is C=C(C)/C=C(\C=C/C)CN1CCCC1.CC.CCOc1nc(N)c2c(n1)N(C)CC(=O)N2. The summed E-state index contributed by atoms with van der Waals surface area (Å²) in [4.78, 5) is 23.6. The van der Waals surface area contributed by atoms with Crippen LogP contribution in [0.25, 0.3) is 0 Å². The molecule has 0 radical (unpaired) electrons. The van der Waals surface area contributed by atoms with E-state index in [1.807, 2.05) is 27.7 Å². The number of likely N-dealkylation sites (N-methyl/N-ethyl adjacent to an activating group) is 1. The minimum absolute atomic E-state index is 0.130. The van der Waals surface area contributed by atoms with E-state index in [-0.39, 0.29) is 24.3 Å². The lowest BCUT2D eigenvalue weighted by Crippen LogP contribution is -2.36.